The number of hydrogen-bond acceptors (Lipinski definition) is 4. The molecule has 4 heteroatoms. The van der Waals surface area contributed by atoms with Crippen LogP contribution >= 0.6 is 0 Å². The predicted octanol–water partition coefficient (Wildman–Crippen LogP) is 2.76. The largest absolute Gasteiger partial charge is 0.459 e. The van der Waals surface area contributed by atoms with E-state index in [4.69, 9.17) is 9.47 Å². The summed E-state index contributed by atoms with van der Waals surface area (Å²) >= 11 is 0. The number of ether oxygens (including phenoxy) is 2. The number of hydrogen-bond donors (Lipinski definition) is 0. The van der Waals surface area contributed by atoms with Crippen molar-refractivity contribution in [1.29, 1.82) is 0 Å². The lowest BCUT2D eigenvalue weighted by atomic mass is 9.66. The van der Waals surface area contributed by atoms with Crippen LogP contribution in [0.15, 0.2) is 11.6 Å². The van der Waals surface area contributed by atoms with Gasteiger partial charge in [-0.1, -0.05) is 6.42 Å². The van der Waals surface area contributed by atoms with E-state index in [2.05, 4.69) is 0 Å². The van der Waals surface area contributed by atoms with Crippen LogP contribution in [0.3, 0.4) is 0 Å². The minimum Gasteiger partial charge on any atom is -0.459 e. The summed E-state index contributed by atoms with van der Waals surface area (Å²) in [5.74, 6) is -0.602. The van der Waals surface area contributed by atoms with Gasteiger partial charge in [-0.15, -0.1) is 0 Å². The highest BCUT2D eigenvalue weighted by Gasteiger charge is 2.54. The van der Waals surface area contributed by atoms with Crippen molar-refractivity contribution >= 4 is 11.9 Å². The van der Waals surface area contributed by atoms with Gasteiger partial charge in [-0.3, -0.25) is 4.79 Å². The van der Waals surface area contributed by atoms with Crippen molar-refractivity contribution < 1.29 is 19.1 Å². The highest BCUT2D eigenvalue weighted by atomic mass is 16.6. The molecule has 0 bridgehead atoms. The van der Waals surface area contributed by atoms with Crippen LogP contribution in [0, 0.1) is 5.41 Å². The molecule has 1 saturated carbocycles. The van der Waals surface area contributed by atoms with Gasteiger partial charge in [0.15, 0.2) is 0 Å². The molecule has 0 amide bonds. The van der Waals surface area contributed by atoms with Crippen LogP contribution in [-0.2, 0) is 19.1 Å². The lowest BCUT2D eigenvalue weighted by Crippen LogP contribution is -2.52. The molecule has 0 radical (unpaired) electrons. The summed E-state index contributed by atoms with van der Waals surface area (Å²) < 4.78 is 11.0. The Morgan fingerprint density at radius 3 is 2.74 bits per heavy atom. The van der Waals surface area contributed by atoms with E-state index in [9.17, 15) is 9.59 Å². The molecule has 4 nitrogen and oxygen atoms in total. The Morgan fingerprint density at radius 1 is 1.42 bits per heavy atom. The first-order chi connectivity index (χ1) is 8.75. The van der Waals surface area contributed by atoms with E-state index in [0.29, 0.717) is 6.42 Å². The molecule has 106 valence electrons. The number of carbonyl (C=O) groups excluding carboxylic acids is 2. The molecule has 2 aliphatic rings. The molecule has 1 heterocycles. The predicted molar refractivity (Wildman–Crippen MR) is 70.4 cm³/mol. The summed E-state index contributed by atoms with van der Waals surface area (Å²) in [6.45, 7) is 7.40. The van der Waals surface area contributed by atoms with Crippen molar-refractivity contribution in [1.82, 2.24) is 0 Å². The van der Waals surface area contributed by atoms with E-state index in [1.165, 1.54) is 6.08 Å². The topological polar surface area (TPSA) is 52.6 Å². The Balaban J connectivity index is 2.37. The van der Waals surface area contributed by atoms with E-state index in [0.717, 1.165) is 24.8 Å². The van der Waals surface area contributed by atoms with E-state index in [-0.39, 0.29) is 18.0 Å². The fraction of sp³-hybridized carbons (Fsp3) is 0.733. The molecule has 2 atom stereocenters. The standard InChI is InChI=1S/C15H22O4/c1-10-9-12(16)18-11-7-5-6-8-15(10,11)13(17)19-14(2,3)4/h9,11H,5-8H2,1-4H3/t11-,15+/m0/s1. The summed E-state index contributed by atoms with van der Waals surface area (Å²) in [5.41, 5.74) is -0.516. The molecule has 0 spiro atoms. The van der Waals surface area contributed by atoms with Crippen LogP contribution in [0.1, 0.15) is 53.4 Å². The molecule has 1 fully saturated rings. The first-order valence-corrected chi connectivity index (χ1v) is 6.88. The Labute approximate surface area is 114 Å². The van der Waals surface area contributed by atoms with Crippen LogP contribution in [0.25, 0.3) is 0 Å². The molecule has 2 rings (SSSR count). The van der Waals surface area contributed by atoms with Gasteiger partial charge in [0.25, 0.3) is 0 Å². The number of esters is 2. The lowest BCUT2D eigenvalue weighted by Gasteiger charge is -2.45. The monoisotopic (exact) mass is 266 g/mol. The van der Waals surface area contributed by atoms with Crippen molar-refractivity contribution in [3.05, 3.63) is 11.6 Å². The van der Waals surface area contributed by atoms with E-state index in [1.807, 2.05) is 27.7 Å². The maximum Gasteiger partial charge on any atom is 0.331 e. The minimum atomic E-state index is -0.764. The maximum absolute atomic E-state index is 12.6. The van der Waals surface area contributed by atoms with Gasteiger partial charge in [0.1, 0.15) is 17.1 Å². The summed E-state index contributed by atoms with van der Waals surface area (Å²) in [6, 6.07) is 0. The molecule has 1 aliphatic heterocycles. The highest BCUT2D eigenvalue weighted by molar-refractivity contribution is 5.90. The molecule has 0 aromatic rings. The number of carbonyl (C=O) groups is 2. The van der Waals surface area contributed by atoms with Gasteiger partial charge in [0.05, 0.1) is 0 Å². The van der Waals surface area contributed by atoms with Crippen molar-refractivity contribution in [2.45, 2.75) is 65.1 Å². The molecule has 1 aliphatic carbocycles. The second-order valence-corrected chi connectivity index (χ2v) is 6.47. The van der Waals surface area contributed by atoms with E-state index in [1.54, 1.807) is 0 Å². The van der Waals surface area contributed by atoms with Crippen LogP contribution in [0.4, 0.5) is 0 Å². The average molecular weight is 266 g/mol. The van der Waals surface area contributed by atoms with Gasteiger partial charge < -0.3 is 9.47 Å². The average Bonchev–Trinajstić information content (AvgIpc) is 2.26. The molecular weight excluding hydrogens is 244 g/mol. The zero-order valence-electron chi connectivity index (χ0n) is 12.1. The molecular formula is C15H22O4. The maximum atomic E-state index is 12.6. The minimum absolute atomic E-state index is 0.258. The molecule has 19 heavy (non-hydrogen) atoms. The summed E-state index contributed by atoms with van der Waals surface area (Å²) in [4.78, 5) is 24.2. The summed E-state index contributed by atoms with van der Waals surface area (Å²) in [5, 5.41) is 0. The van der Waals surface area contributed by atoms with Crippen molar-refractivity contribution in [2.24, 2.45) is 5.41 Å². The number of fused-ring (bicyclic) bond motifs is 1. The molecule has 0 N–H and O–H groups in total. The smallest absolute Gasteiger partial charge is 0.331 e. The summed E-state index contributed by atoms with van der Waals surface area (Å²) in [6.07, 6.45) is 4.44. The SMILES string of the molecule is CC1=CC(=O)O[C@H]2CCCC[C@@]12C(=O)OC(C)(C)C. The van der Waals surface area contributed by atoms with Crippen molar-refractivity contribution in [3.8, 4) is 0 Å². The zero-order valence-corrected chi connectivity index (χ0v) is 12.1. The second kappa shape index (κ2) is 4.66. The fourth-order valence-electron chi connectivity index (χ4n) is 3.00. The van der Waals surface area contributed by atoms with Gasteiger partial charge in [-0.25, -0.2) is 4.79 Å². The van der Waals surface area contributed by atoms with Gasteiger partial charge >= 0.3 is 11.9 Å². The highest BCUT2D eigenvalue weighted by Crippen LogP contribution is 2.47. The fourth-order valence-corrected chi connectivity index (χ4v) is 3.00. The van der Waals surface area contributed by atoms with Crippen molar-refractivity contribution in [2.75, 3.05) is 0 Å². The van der Waals surface area contributed by atoms with Crippen LogP contribution in [0.2, 0.25) is 0 Å². The Hall–Kier alpha value is -1.32. The first kappa shape index (κ1) is 14.1. The van der Waals surface area contributed by atoms with E-state index >= 15 is 0 Å². The van der Waals surface area contributed by atoms with Gasteiger partial charge in [-0.2, -0.15) is 0 Å². The van der Waals surface area contributed by atoms with Gasteiger partial charge in [-0.05, 0) is 52.5 Å². The Bertz CT molecular complexity index is 430. The van der Waals surface area contributed by atoms with Crippen LogP contribution in [-0.4, -0.2) is 23.6 Å². The normalized spacial score (nSPS) is 31.1. The lowest BCUT2D eigenvalue weighted by molar-refractivity contribution is -0.182. The van der Waals surface area contributed by atoms with Gasteiger partial charge in [0, 0.05) is 6.08 Å². The third kappa shape index (κ3) is 2.53. The molecule has 0 aromatic heterocycles. The zero-order chi connectivity index (χ0) is 14.3. The third-order valence-electron chi connectivity index (χ3n) is 3.90. The number of rotatable bonds is 1. The Morgan fingerprint density at radius 2 is 2.11 bits per heavy atom. The van der Waals surface area contributed by atoms with Gasteiger partial charge in [0.2, 0.25) is 0 Å². The van der Waals surface area contributed by atoms with Crippen LogP contribution in [0.5, 0.6) is 0 Å². The first-order valence-electron chi connectivity index (χ1n) is 6.88. The molecule has 0 aromatic carbocycles. The van der Waals surface area contributed by atoms with Crippen molar-refractivity contribution in [3.63, 3.8) is 0 Å². The quantitative estimate of drug-likeness (QED) is 0.685. The molecule has 0 saturated heterocycles. The third-order valence-corrected chi connectivity index (χ3v) is 3.90. The second-order valence-electron chi connectivity index (χ2n) is 6.47. The summed E-state index contributed by atoms with van der Waals surface area (Å²) in [7, 11) is 0. The van der Waals surface area contributed by atoms with E-state index < -0.39 is 11.0 Å². The molecule has 0 unspecified atom stereocenters. The van der Waals surface area contributed by atoms with Crippen LogP contribution < -0.4 is 0 Å². The Kier molecular flexibility index (Phi) is 3.45.